The van der Waals surface area contributed by atoms with Crippen LogP contribution in [0, 0.1) is 5.82 Å². The average Bonchev–Trinajstić information content (AvgIpc) is 3.04. The van der Waals surface area contributed by atoms with Crippen molar-refractivity contribution in [3.63, 3.8) is 0 Å². The average molecular weight is 327 g/mol. The molecule has 0 atom stereocenters. The lowest BCUT2D eigenvalue weighted by atomic mass is 10.2. The molecule has 0 saturated carbocycles. The number of nitrogens with zero attached hydrogens (tertiary/aromatic N) is 2. The van der Waals surface area contributed by atoms with Crippen LogP contribution in [0.2, 0.25) is 0 Å². The summed E-state index contributed by atoms with van der Waals surface area (Å²) in [4.78, 5) is 20.2. The van der Waals surface area contributed by atoms with Crippen molar-refractivity contribution >= 4 is 17.2 Å². The smallest absolute Gasteiger partial charge is 0.251 e. The molecule has 6 heteroatoms. The Hall–Kier alpha value is -2.60. The van der Waals surface area contributed by atoms with Crippen molar-refractivity contribution in [2.75, 3.05) is 6.54 Å². The molecule has 1 aromatic carbocycles. The topological polar surface area (TPSA) is 54.9 Å². The largest absolute Gasteiger partial charge is 0.352 e. The molecule has 23 heavy (non-hydrogen) atoms. The number of rotatable bonds is 5. The van der Waals surface area contributed by atoms with E-state index in [1.54, 1.807) is 42.7 Å². The summed E-state index contributed by atoms with van der Waals surface area (Å²) in [7, 11) is 0. The lowest BCUT2D eigenvalue weighted by Gasteiger charge is -2.03. The summed E-state index contributed by atoms with van der Waals surface area (Å²) in [5.74, 6) is -0.420. The molecule has 0 radical (unpaired) electrons. The lowest BCUT2D eigenvalue weighted by Crippen LogP contribution is -2.25. The van der Waals surface area contributed by atoms with E-state index in [1.165, 1.54) is 17.4 Å². The quantitative estimate of drug-likeness (QED) is 0.782. The Morgan fingerprint density at radius 3 is 2.74 bits per heavy atom. The summed E-state index contributed by atoms with van der Waals surface area (Å²) in [6.45, 7) is 0.474. The van der Waals surface area contributed by atoms with Gasteiger partial charge in [-0.05, 0) is 24.3 Å². The Morgan fingerprint density at radius 1 is 1.17 bits per heavy atom. The van der Waals surface area contributed by atoms with Crippen LogP contribution >= 0.6 is 11.3 Å². The summed E-state index contributed by atoms with van der Waals surface area (Å²) >= 11 is 1.40. The van der Waals surface area contributed by atoms with Crippen LogP contribution in [0.5, 0.6) is 0 Å². The van der Waals surface area contributed by atoms with Gasteiger partial charge in [-0.15, -0.1) is 11.3 Å². The van der Waals surface area contributed by atoms with E-state index in [-0.39, 0.29) is 11.7 Å². The molecule has 4 nitrogen and oxygen atoms in total. The fourth-order valence-electron chi connectivity index (χ4n) is 2.09. The molecule has 0 spiro atoms. The number of nitrogens with one attached hydrogen (secondary N) is 1. The molecule has 2 heterocycles. The van der Waals surface area contributed by atoms with Crippen molar-refractivity contribution < 1.29 is 9.18 Å². The molecule has 0 aliphatic heterocycles. The number of pyridine rings is 1. The van der Waals surface area contributed by atoms with Crippen molar-refractivity contribution in [3.05, 3.63) is 71.2 Å². The zero-order valence-corrected chi connectivity index (χ0v) is 13.0. The second-order valence-electron chi connectivity index (χ2n) is 4.87. The number of benzene rings is 1. The monoisotopic (exact) mass is 327 g/mol. The first-order valence-electron chi connectivity index (χ1n) is 7.11. The van der Waals surface area contributed by atoms with E-state index in [0.717, 1.165) is 5.69 Å². The first-order valence-corrected chi connectivity index (χ1v) is 7.99. The van der Waals surface area contributed by atoms with Crippen LogP contribution in [-0.4, -0.2) is 22.4 Å². The molecule has 0 saturated heterocycles. The van der Waals surface area contributed by atoms with E-state index in [2.05, 4.69) is 15.3 Å². The van der Waals surface area contributed by atoms with Gasteiger partial charge < -0.3 is 5.32 Å². The molecule has 116 valence electrons. The molecule has 0 unspecified atom stereocenters. The van der Waals surface area contributed by atoms with Crippen molar-refractivity contribution in [3.8, 4) is 10.6 Å². The molecule has 0 aliphatic carbocycles. The molecular weight excluding hydrogens is 313 g/mol. The minimum atomic E-state index is -0.278. The van der Waals surface area contributed by atoms with Crippen LogP contribution in [0.1, 0.15) is 16.1 Å². The van der Waals surface area contributed by atoms with E-state index in [9.17, 15) is 9.18 Å². The number of thiazole rings is 1. The Morgan fingerprint density at radius 2 is 1.96 bits per heavy atom. The molecule has 1 N–H and O–H groups in total. The summed E-state index contributed by atoms with van der Waals surface area (Å²) < 4.78 is 13.7. The van der Waals surface area contributed by atoms with Gasteiger partial charge in [0, 0.05) is 41.9 Å². The summed E-state index contributed by atoms with van der Waals surface area (Å²) in [6.07, 6.45) is 3.76. The lowest BCUT2D eigenvalue weighted by molar-refractivity contribution is 0.0954. The van der Waals surface area contributed by atoms with Gasteiger partial charge in [0.2, 0.25) is 0 Å². The van der Waals surface area contributed by atoms with Gasteiger partial charge in [-0.25, -0.2) is 9.37 Å². The van der Waals surface area contributed by atoms with Crippen molar-refractivity contribution in [2.45, 2.75) is 6.42 Å². The van der Waals surface area contributed by atoms with Gasteiger partial charge in [0.15, 0.2) is 0 Å². The fraction of sp³-hybridized carbons (Fsp3) is 0.118. The normalized spacial score (nSPS) is 10.5. The highest BCUT2D eigenvalue weighted by atomic mass is 32.1. The van der Waals surface area contributed by atoms with Crippen LogP contribution in [0.3, 0.4) is 0 Å². The zero-order chi connectivity index (χ0) is 16.1. The minimum absolute atomic E-state index is 0.142. The Labute approximate surface area is 137 Å². The Bertz CT molecular complexity index is 804. The maximum Gasteiger partial charge on any atom is 0.251 e. The van der Waals surface area contributed by atoms with Crippen molar-refractivity contribution in [1.82, 2.24) is 15.3 Å². The van der Waals surface area contributed by atoms with Gasteiger partial charge >= 0.3 is 0 Å². The number of carbonyl (C=O) groups is 1. The summed E-state index contributed by atoms with van der Waals surface area (Å²) in [5.41, 5.74) is 1.91. The minimum Gasteiger partial charge on any atom is -0.352 e. The van der Waals surface area contributed by atoms with Gasteiger partial charge in [0.05, 0.1) is 5.69 Å². The van der Waals surface area contributed by atoms with Crippen LogP contribution in [0.4, 0.5) is 4.39 Å². The standard InChI is InChI=1S/C17H14FN3OS/c18-15-4-2-1-3-14(15)17-21-13(11-23-17)7-10-20-16(22)12-5-8-19-9-6-12/h1-6,8-9,11H,7,10H2,(H,20,22). The molecule has 1 amide bonds. The molecule has 0 bridgehead atoms. The van der Waals surface area contributed by atoms with Crippen molar-refractivity contribution in [2.24, 2.45) is 0 Å². The maximum absolute atomic E-state index is 13.7. The van der Waals surface area contributed by atoms with E-state index in [4.69, 9.17) is 0 Å². The molecular formula is C17H14FN3OS. The summed E-state index contributed by atoms with van der Waals surface area (Å²) in [6, 6.07) is 9.90. The van der Waals surface area contributed by atoms with Gasteiger partial charge in [-0.2, -0.15) is 0 Å². The van der Waals surface area contributed by atoms with Crippen LogP contribution in [0.15, 0.2) is 54.2 Å². The fourth-order valence-corrected chi connectivity index (χ4v) is 2.97. The maximum atomic E-state index is 13.7. The van der Waals surface area contributed by atoms with Gasteiger partial charge in [0.25, 0.3) is 5.91 Å². The van der Waals surface area contributed by atoms with E-state index in [1.807, 2.05) is 5.38 Å². The number of hydrogen-bond acceptors (Lipinski definition) is 4. The second-order valence-corrected chi connectivity index (χ2v) is 5.72. The highest BCUT2D eigenvalue weighted by Crippen LogP contribution is 2.26. The third-order valence-corrected chi connectivity index (χ3v) is 4.19. The first-order chi connectivity index (χ1) is 11.2. The molecule has 3 rings (SSSR count). The van der Waals surface area contributed by atoms with Crippen LogP contribution < -0.4 is 5.32 Å². The van der Waals surface area contributed by atoms with Crippen molar-refractivity contribution in [1.29, 1.82) is 0 Å². The number of carbonyl (C=O) groups excluding carboxylic acids is 1. The van der Waals surface area contributed by atoms with Gasteiger partial charge in [0.1, 0.15) is 10.8 Å². The molecule has 0 fully saturated rings. The van der Waals surface area contributed by atoms with Crippen LogP contribution in [0.25, 0.3) is 10.6 Å². The predicted octanol–water partition coefficient (Wildman–Crippen LogP) is 3.32. The Kier molecular flexibility index (Phi) is 4.73. The van der Waals surface area contributed by atoms with E-state index in [0.29, 0.717) is 29.1 Å². The van der Waals surface area contributed by atoms with E-state index >= 15 is 0 Å². The van der Waals surface area contributed by atoms with E-state index < -0.39 is 0 Å². The van der Waals surface area contributed by atoms with Gasteiger partial charge in [-0.3, -0.25) is 9.78 Å². The SMILES string of the molecule is O=C(NCCc1csc(-c2ccccc2F)n1)c1ccncc1. The first kappa shape index (κ1) is 15.3. The highest BCUT2D eigenvalue weighted by Gasteiger charge is 2.09. The number of hydrogen-bond donors (Lipinski definition) is 1. The molecule has 3 aromatic rings. The summed E-state index contributed by atoms with van der Waals surface area (Å²) in [5, 5.41) is 5.37. The highest BCUT2D eigenvalue weighted by molar-refractivity contribution is 7.13. The zero-order valence-electron chi connectivity index (χ0n) is 12.2. The number of aromatic nitrogens is 2. The van der Waals surface area contributed by atoms with Gasteiger partial charge in [-0.1, -0.05) is 12.1 Å². The second kappa shape index (κ2) is 7.11. The number of amides is 1. The number of halogens is 1. The third-order valence-electron chi connectivity index (χ3n) is 3.27. The van der Waals surface area contributed by atoms with Crippen LogP contribution in [-0.2, 0) is 6.42 Å². The predicted molar refractivity (Wildman–Crippen MR) is 87.8 cm³/mol. The molecule has 2 aromatic heterocycles. The molecule has 0 aliphatic rings. The third kappa shape index (κ3) is 3.78. The Balaban J connectivity index is 1.58.